The Hall–Kier alpha value is -1.96. The average molecular weight is 528 g/mol. The van der Waals surface area contributed by atoms with Gasteiger partial charge in [-0.25, -0.2) is 13.2 Å². The van der Waals surface area contributed by atoms with Crippen molar-refractivity contribution in [3.05, 3.63) is 52.0 Å². The lowest BCUT2D eigenvalue weighted by atomic mass is 10.2. The van der Waals surface area contributed by atoms with Gasteiger partial charge in [0.25, 0.3) is 0 Å². The molecular formula is C22H23Cl2N3O4S2. The topological polar surface area (TPSA) is 90.7 Å². The van der Waals surface area contributed by atoms with Crippen LogP contribution in [0.15, 0.2) is 51.1 Å². The highest BCUT2D eigenvalue weighted by atomic mass is 35.5. The largest absolute Gasteiger partial charge is 0.444 e. The maximum Gasteiger partial charge on any atom is 0.410 e. The van der Waals surface area contributed by atoms with Crippen molar-refractivity contribution in [3.8, 4) is 6.07 Å². The summed E-state index contributed by atoms with van der Waals surface area (Å²) >= 11 is 13.4. The quantitative estimate of drug-likeness (QED) is 0.538. The first-order valence-corrected chi connectivity index (χ1v) is 13.1. The molecule has 1 amide bonds. The molecule has 1 aliphatic rings. The zero-order chi connectivity index (χ0) is 24.4. The highest BCUT2D eigenvalue weighted by Crippen LogP contribution is 2.37. The van der Waals surface area contributed by atoms with Crippen LogP contribution in [0.2, 0.25) is 10.0 Å². The first-order valence-electron chi connectivity index (χ1n) is 10.1. The molecule has 1 heterocycles. The Labute approximate surface area is 208 Å². The minimum atomic E-state index is -3.93. The summed E-state index contributed by atoms with van der Waals surface area (Å²) in [5.74, 6) is 0. The summed E-state index contributed by atoms with van der Waals surface area (Å²) in [6.07, 6.45) is -0.472. The van der Waals surface area contributed by atoms with E-state index in [1.807, 2.05) is 6.07 Å². The Morgan fingerprint density at radius 2 is 1.67 bits per heavy atom. The molecule has 11 heteroatoms. The van der Waals surface area contributed by atoms with Gasteiger partial charge in [0.1, 0.15) is 5.60 Å². The van der Waals surface area contributed by atoms with Crippen molar-refractivity contribution in [1.82, 2.24) is 9.21 Å². The van der Waals surface area contributed by atoms with Gasteiger partial charge in [0.15, 0.2) is 0 Å². The minimum Gasteiger partial charge on any atom is -0.444 e. The third-order valence-electron chi connectivity index (χ3n) is 4.64. The number of sulfonamides is 1. The van der Waals surface area contributed by atoms with E-state index in [1.165, 1.54) is 27.0 Å². The molecule has 176 valence electrons. The zero-order valence-corrected chi connectivity index (χ0v) is 21.5. The van der Waals surface area contributed by atoms with Gasteiger partial charge < -0.3 is 9.64 Å². The number of amides is 1. The van der Waals surface area contributed by atoms with Gasteiger partial charge >= 0.3 is 6.09 Å². The highest BCUT2D eigenvalue weighted by Gasteiger charge is 2.33. The number of hydrogen-bond donors (Lipinski definition) is 0. The van der Waals surface area contributed by atoms with Gasteiger partial charge in [0.05, 0.1) is 16.5 Å². The van der Waals surface area contributed by atoms with Crippen LogP contribution in [0.1, 0.15) is 26.3 Å². The van der Waals surface area contributed by atoms with Crippen molar-refractivity contribution in [2.75, 3.05) is 26.2 Å². The van der Waals surface area contributed by atoms with Crippen molar-refractivity contribution in [2.45, 2.75) is 41.1 Å². The van der Waals surface area contributed by atoms with E-state index < -0.39 is 21.7 Å². The Balaban J connectivity index is 1.85. The predicted molar refractivity (Wildman–Crippen MR) is 128 cm³/mol. The molecule has 0 radical (unpaired) electrons. The van der Waals surface area contributed by atoms with Crippen molar-refractivity contribution >= 4 is 51.1 Å². The van der Waals surface area contributed by atoms with Crippen LogP contribution in [-0.4, -0.2) is 55.5 Å². The molecule has 0 bridgehead atoms. The molecule has 0 atom stereocenters. The van der Waals surface area contributed by atoms with Gasteiger partial charge in [-0.05, 0) is 57.2 Å². The molecule has 33 heavy (non-hydrogen) atoms. The fourth-order valence-corrected chi connectivity index (χ4v) is 6.69. The third-order valence-corrected chi connectivity index (χ3v) is 8.20. The maximum atomic E-state index is 13.5. The summed E-state index contributed by atoms with van der Waals surface area (Å²) in [5, 5.41) is 10.2. The molecule has 1 saturated heterocycles. The zero-order valence-electron chi connectivity index (χ0n) is 18.3. The Kier molecular flexibility index (Phi) is 7.87. The average Bonchev–Trinajstić information content (AvgIpc) is 2.72. The van der Waals surface area contributed by atoms with Crippen LogP contribution in [0, 0.1) is 11.3 Å². The number of carbonyl (C=O) groups excluding carboxylic acids is 1. The van der Waals surface area contributed by atoms with E-state index in [-0.39, 0.29) is 36.6 Å². The van der Waals surface area contributed by atoms with Crippen LogP contribution in [0.4, 0.5) is 4.79 Å². The van der Waals surface area contributed by atoms with Crippen molar-refractivity contribution < 1.29 is 17.9 Å². The van der Waals surface area contributed by atoms with E-state index in [1.54, 1.807) is 51.1 Å². The normalized spacial score (nSPS) is 15.2. The van der Waals surface area contributed by atoms with Crippen molar-refractivity contribution in [3.63, 3.8) is 0 Å². The number of ether oxygens (including phenoxy) is 1. The SMILES string of the molecule is CC(C)(C)OC(=O)N1CCN(S(=O)(=O)c2cc(C#N)ccc2Sc2cc(Cl)cc(Cl)c2)CC1. The summed E-state index contributed by atoms with van der Waals surface area (Å²) < 4.78 is 33.7. The highest BCUT2D eigenvalue weighted by molar-refractivity contribution is 8.00. The molecular weight excluding hydrogens is 505 g/mol. The molecule has 3 rings (SSSR count). The number of nitrogens with zero attached hydrogens (tertiary/aromatic N) is 3. The Morgan fingerprint density at radius 1 is 1.06 bits per heavy atom. The van der Waals surface area contributed by atoms with Gasteiger partial charge in [-0.3, -0.25) is 0 Å². The first kappa shape index (κ1) is 25.7. The lowest BCUT2D eigenvalue weighted by Gasteiger charge is -2.35. The van der Waals surface area contributed by atoms with Gasteiger partial charge in [0, 0.05) is 46.0 Å². The van der Waals surface area contributed by atoms with Crippen LogP contribution >= 0.6 is 35.0 Å². The molecule has 1 aliphatic heterocycles. The Bertz CT molecular complexity index is 1180. The number of piperazine rings is 1. The van der Waals surface area contributed by atoms with E-state index in [2.05, 4.69) is 0 Å². The van der Waals surface area contributed by atoms with Gasteiger partial charge in [0.2, 0.25) is 10.0 Å². The molecule has 1 fully saturated rings. The maximum absolute atomic E-state index is 13.5. The predicted octanol–water partition coefficient (Wildman–Crippen LogP) is 5.26. The van der Waals surface area contributed by atoms with E-state index >= 15 is 0 Å². The molecule has 0 N–H and O–H groups in total. The molecule has 0 unspecified atom stereocenters. The number of rotatable bonds is 4. The number of carbonyl (C=O) groups is 1. The van der Waals surface area contributed by atoms with E-state index in [0.717, 1.165) is 0 Å². The summed E-state index contributed by atoms with van der Waals surface area (Å²) in [5.41, 5.74) is -0.401. The third kappa shape index (κ3) is 6.55. The monoisotopic (exact) mass is 527 g/mol. The second-order valence-corrected chi connectivity index (χ2v) is 12.2. The number of halogens is 2. The molecule has 0 aliphatic carbocycles. The number of nitriles is 1. The van der Waals surface area contributed by atoms with Crippen LogP contribution in [0.25, 0.3) is 0 Å². The van der Waals surface area contributed by atoms with Gasteiger partial charge in [-0.15, -0.1) is 0 Å². The van der Waals surface area contributed by atoms with Crippen molar-refractivity contribution in [1.29, 1.82) is 5.26 Å². The summed E-state index contributed by atoms with van der Waals surface area (Å²) in [6.45, 7) is 5.98. The van der Waals surface area contributed by atoms with Gasteiger partial charge in [-0.2, -0.15) is 9.57 Å². The lowest BCUT2D eigenvalue weighted by molar-refractivity contribution is 0.0192. The summed E-state index contributed by atoms with van der Waals surface area (Å²) in [4.78, 5) is 14.9. The molecule has 0 aromatic heterocycles. The molecule has 2 aromatic carbocycles. The van der Waals surface area contributed by atoms with Crippen LogP contribution in [0.5, 0.6) is 0 Å². The second-order valence-electron chi connectivity index (χ2n) is 8.35. The number of benzene rings is 2. The van der Waals surface area contributed by atoms with Gasteiger partial charge in [-0.1, -0.05) is 35.0 Å². The molecule has 0 saturated carbocycles. The lowest BCUT2D eigenvalue weighted by Crippen LogP contribution is -2.51. The Morgan fingerprint density at radius 3 is 2.21 bits per heavy atom. The fraction of sp³-hybridized carbons (Fsp3) is 0.364. The summed E-state index contributed by atoms with van der Waals surface area (Å²) in [6, 6.07) is 11.5. The number of hydrogen-bond acceptors (Lipinski definition) is 6. The van der Waals surface area contributed by atoms with E-state index in [9.17, 15) is 18.5 Å². The molecule has 2 aromatic rings. The first-order chi connectivity index (χ1) is 15.4. The van der Waals surface area contributed by atoms with Crippen LogP contribution < -0.4 is 0 Å². The van der Waals surface area contributed by atoms with Crippen LogP contribution in [0.3, 0.4) is 0 Å². The van der Waals surface area contributed by atoms with E-state index in [0.29, 0.717) is 19.8 Å². The fourth-order valence-electron chi connectivity index (χ4n) is 3.15. The van der Waals surface area contributed by atoms with Crippen molar-refractivity contribution in [2.24, 2.45) is 0 Å². The molecule has 0 spiro atoms. The summed E-state index contributed by atoms with van der Waals surface area (Å²) in [7, 11) is -3.93. The van der Waals surface area contributed by atoms with Crippen LogP contribution in [-0.2, 0) is 14.8 Å². The molecule has 7 nitrogen and oxygen atoms in total. The standard InChI is InChI=1S/C22H23Cl2N3O4S2/c1-22(2,3)31-21(28)26-6-8-27(9-7-26)33(29,30)20-10-15(14-25)4-5-19(20)32-18-12-16(23)11-17(24)13-18/h4-5,10-13H,6-9H2,1-3H3. The second kappa shape index (κ2) is 10.1. The smallest absolute Gasteiger partial charge is 0.410 e. The van der Waals surface area contributed by atoms with E-state index in [4.69, 9.17) is 27.9 Å². The minimum absolute atomic E-state index is 0.0216.